The summed E-state index contributed by atoms with van der Waals surface area (Å²) < 4.78 is 10.9. The minimum absolute atomic E-state index is 0.106. The Balaban J connectivity index is 1.95. The molecule has 7 heteroatoms. The maximum atomic E-state index is 12.0. The lowest BCUT2D eigenvalue weighted by molar-refractivity contribution is -0.141. The molecule has 0 bridgehead atoms. The van der Waals surface area contributed by atoms with Crippen molar-refractivity contribution in [1.82, 2.24) is 5.32 Å². The van der Waals surface area contributed by atoms with Crippen molar-refractivity contribution in [2.45, 2.75) is 26.2 Å². The number of amides is 1. The molecule has 1 heterocycles. The third kappa shape index (κ3) is 4.76. The molecule has 1 aliphatic heterocycles. The summed E-state index contributed by atoms with van der Waals surface area (Å²) in [7, 11) is 0. The number of benzene rings is 1. The van der Waals surface area contributed by atoms with E-state index < -0.39 is 11.9 Å². The highest BCUT2D eigenvalue weighted by Gasteiger charge is 2.19. The molecule has 0 spiro atoms. The molecule has 0 radical (unpaired) electrons. The van der Waals surface area contributed by atoms with Crippen LogP contribution in [-0.4, -0.2) is 36.7 Å². The van der Waals surface area contributed by atoms with E-state index in [2.05, 4.69) is 5.32 Å². The first-order chi connectivity index (χ1) is 11.0. The number of carbonyl (C=O) groups excluding carboxylic acids is 1. The zero-order valence-electron chi connectivity index (χ0n) is 12.9. The molecule has 2 rings (SSSR count). The minimum atomic E-state index is -0.894. The van der Waals surface area contributed by atoms with Crippen LogP contribution < -0.4 is 14.8 Å². The SMILES string of the molecule is CCCC(CNC(=O)Cc1cc(Cl)c2c(c1)OCCO2)C(=O)O. The quantitative estimate of drug-likeness (QED) is 0.794. The van der Waals surface area contributed by atoms with Gasteiger partial charge in [-0.05, 0) is 24.1 Å². The number of hydrogen-bond acceptors (Lipinski definition) is 4. The van der Waals surface area contributed by atoms with Crippen molar-refractivity contribution in [2.75, 3.05) is 19.8 Å². The van der Waals surface area contributed by atoms with Gasteiger partial charge in [0.2, 0.25) is 5.91 Å². The van der Waals surface area contributed by atoms with E-state index >= 15 is 0 Å². The molecule has 1 amide bonds. The number of fused-ring (bicyclic) bond motifs is 1. The van der Waals surface area contributed by atoms with Gasteiger partial charge in [0.25, 0.3) is 0 Å². The van der Waals surface area contributed by atoms with Crippen LogP contribution in [0.5, 0.6) is 11.5 Å². The van der Waals surface area contributed by atoms with E-state index in [-0.39, 0.29) is 18.9 Å². The molecule has 126 valence electrons. The summed E-state index contributed by atoms with van der Waals surface area (Å²) in [4.78, 5) is 23.1. The largest absolute Gasteiger partial charge is 0.486 e. The number of hydrogen-bond donors (Lipinski definition) is 2. The van der Waals surface area contributed by atoms with Gasteiger partial charge in [0.1, 0.15) is 13.2 Å². The molecule has 1 aromatic carbocycles. The monoisotopic (exact) mass is 341 g/mol. The predicted octanol–water partition coefficient (Wildman–Crippen LogP) is 2.27. The van der Waals surface area contributed by atoms with Crippen molar-refractivity contribution in [3.05, 3.63) is 22.7 Å². The Kier molecular flexibility index (Phi) is 6.10. The second-order valence-corrected chi connectivity index (χ2v) is 5.81. The number of carboxylic acids is 1. The zero-order chi connectivity index (χ0) is 16.8. The average molecular weight is 342 g/mol. The number of halogens is 1. The standard InChI is InChI=1S/C16H20ClNO5/c1-2-3-11(16(20)21)9-18-14(19)8-10-6-12(17)15-13(7-10)22-4-5-23-15/h6-7,11H,2-5,8-9H2,1H3,(H,18,19)(H,20,21). The van der Waals surface area contributed by atoms with Crippen LogP contribution in [0.4, 0.5) is 0 Å². The van der Waals surface area contributed by atoms with Crippen LogP contribution >= 0.6 is 11.6 Å². The number of aliphatic carboxylic acids is 1. The Morgan fingerprint density at radius 3 is 2.78 bits per heavy atom. The number of rotatable bonds is 7. The molecule has 2 N–H and O–H groups in total. The van der Waals surface area contributed by atoms with E-state index in [4.69, 9.17) is 26.2 Å². The highest BCUT2D eigenvalue weighted by molar-refractivity contribution is 6.32. The first-order valence-electron chi connectivity index (χ1n) is 7.58. The summed E-state index contributed by atoms with van der Waals surface area (Å²) in [6, 6.07) is 3.38. The normalized spacial score (nSPS) is 14.2. The van der Waals surface area contributed by atoms with Crippen LogP contribution in [0.3, 0.4) is 0 Å². The summed E-state index contributed by atoms with van der Waals surface area (Å²) in [6.07, 6.45) is 1.39. The summed E-state index contributed by atoms with van der Waals surface area (Å²) in [6.45, 7) is 2.92. The van der Waals surface area contributed by atoms with Gasteiger partial charge in [-0.1, -0.05) is 24.9 Å². The number of carboxylic acid groups (broad SMARTS) is 1. The second-order valence-electron chi connectivity index (χ2n) is 5.41. The van der Waals surface area contributed by atoms with Crippen LogP contribution in [0, 0.1) is 5.92 Å². The fraction of sp³-hybridized carbons (Fsp3) is 0.500. The van der Waals surface area contributed by atoms with Gasteiger partial charge in [0.05, 0.1) is 17.4 Å². The molecule has 1 aliphatic rings. The highest BCUT2D eigenvalue weighted by atomic mass is 35.5. The van der Waals surface area contributed by atoms with E-state index in [1.54, 1.807) is 12.1 Å². The van der Waals surface area contributed by atoms with Crippen LogP contribution in [0.25, 0.3) is 0 Å². The van der Waals surface area contributed by atoms with Gasteiger partial charge in [0, 0.05) is 6.54 Å². The number of carbonyl (C=O) groups is 2. The molecule has 0 saturated heterocycles. The van der Waals surface area contributed by atoms with Gasteiger partial charge in [-0.25, -0.2) is 0 Å². The molecule has 1 aromatic rings. The van der Waals surface area contributed by atoms with Crippen LogP contribution in [0.1, 0.15) is 25.3 Å². The van der Waals surface area contributed by atoms with Crippen molar-refractivity contribution < 1.29 is 24.2 Å². The van der Waals surface area contributed by atoms with Gasteiger partial charge in [0.15, 0.2) is 11.5 Å². The Morgan fingerprint density at radius 1 is 1.35 bits per heavy atom. The summed E-state index contributed by atoms with van der Waals surface area (Å²) in [5, 5.41) is 12.1. The van der Waals surface area contributed by atoms with Crippen molar-refractivity contribution in [3.8, 4) is 11.5 Å². The molecule has 0 fully saturated rings. The zero-order valence-corrected chi connectivity index (χ0v) is 13.7. The van der Waals surface area contributed by atoms with Crippen molar-refractivity contribution in [3.63, 3.8) is 0 Å². The number of nitrogens with one attached hydrogen (secondary N) is 1. The summed E-state index contributed by atoms with van der Waals surface area (Å²) >= 11 is 6.13. The second kappa shape index (κ2) is 8.06. The molecular formula is C16H20ClNO5. The highest BCUT2D eigenvalue weighted by Crippen LogP contribution is 2.38. The summed E-state index contributed by atoms with van der Waals surface area (Å²) in [5.41, 5.74) is 0.694. The lowest BCUT2D eigenvalue weighted by Crippen LogP contribution is -2.33. The van der Waals surface area contributed by atoms with E-state index in [9.17, 15) is 9.59 Å². The van der Waals surface area contributed by atoms with Crippen molar-refractivity contribution in [2.24, 2.45) is 5.92 Å². The first-order valence-corrected chi connectivity index (χ1v) is 7.96. The topological polar surface area (TPSA) is 84.9 Å². The third-order valence-corrected chi connectivity index (χ3v) is 3.83. The molecule has 23 heavy (non-hydrogen) atoms. The average Bonchev–Trinajstić information content (AvgIpc) is 2.51. The van der Waals surface area contributed by atoms with E-state index in [1.807, 2.05) is 6.92 Å². The lowest BCUT2D eigenvalue weighted by atomic mass is 10.0. The van der Waals surface area contributed by atoms with Gasteiger partial charge in [-0.15, -0.1) is 0 Å². The van der Waals surface area contributed by atoms with Crippen LogP contribution in [0.15, 0.2) is 12.1 Å². The fourth-order valence-corrected chi connectivity index (χ4v) is 2.70. The van der Waals surface area contributed by atoms with Gasteiger partial charge in [-0.3, -0.25) is 9.59 Å². The molecule has 6 nitrogen and oxygen atoms in total. The van der Waals surface area contributed by atoms with Gasteiger partial charge < -0.3 is 19.9 Å². The Labute approximate surface area is 139 Å². The van der Waals surface area contributed by atoms with Gasteiger partial charge >= 0.3 is 5.97 Å². The molecular weight excluding hydrogens is 322 g/mol. The summed E-state index contributed by atoms with van der Waals surface area (Å²) in [5.74, 6) is -0.681. The minimum Gasteiger partial charge on any atom is -0.486 e. The van der Waals surface area contributed by atoms with Gasteiger partial charge in [-0.2, -0.15) is 0 Å². The fourth-order valence-electron chi connectivity index (χ4n) is 2.41. The maximum Gasteiger partial charge on any atom is 0.308 e. The first kappa shape index (κ1) is 17.4. The molecule has 0 saturated carbocycles. The molecule has 0 aliphatic carbocycles. The van der Waals surface area contributed by atoms with Crippen molar-refractivity contribution in [1.29, 1.82) is 0 Å². The third-order valence-electron chi connectivity index (χ3n) is 3.55. The Hall–Kier alpha value is -1.95. The Morgan fingerprint density at radius 2 is 2.09 bits per heavy atom. The number of ether oxygens (including phenoxy) is 2. The maximum absolute atomic E-state index is 12.0. The smallest absolute Gasteiger partial charge is 0.308 e. The molecule has 1 atom stereocenters. The predicted molar refractivity (Wildman–Crippen MR) is 85.2 cm³/mol. The molecule has 0 aromatic heterocycles. The van der Waals surface area contributed by atoms with Crippen LogP contribution in [0.2, 0.25) is 5.02 Å². The van der Waals surface area contributed by atoms with Crippen LogP contribution in [-0.2, 0) is 16.0 Å². The lowest BCUT2D eigenvalue weighted by Gasteiger charge is -2.20. The van der Waals surface area contributed by atoms with Crippen molar-refractivity contribution >= 4 is 23.5 Å². The Bertz CT molecular complexity index is 590. The van der Waals surface area contributed by atoms with E-state index in [1.165, 1.54) is 0 Å². The van der Waals surface area contributed by atoms with E-state index in [0.717, 1.165) is 6.42 Å². The molecule has 1 unspecified atom stereocenters. The van der Waals surface area contributed by atoms with E-state index in [0.29, 0.717) is 41.7 Å².